The van der Waals surface area contributed by atoms with E-state index in [-0.39, 0.29) is 0 Å². The highest BCUT2D eigenvalue weighted by atomic mass is 127. The zero-order valence-corrected chi connectivity index (χ0v) is 18.8. The Morgan fingerprint density at radius 3 is 1.63 bits per heavy atom. The van der Waals surface area contributed by atoms with E-state index in [0.717, 1.165) is 31.3 Å². The molecule has 2 heterocycles. The summed E-state index contributed by atoms with van der Waals surface area (Å²) < 4.78 is 3.25. The molecule has 3 nitrogen and oxygen atoms in total. The van der Waals surface area contributed by atoms with E-state index in [0.29, 0.717) is 5.15 Å². The minimum atomic E-state index is -0.622. The lowest BCUT2D eigenvalue weighted by molar-refractivity contribution is 0.529. The van der Waals surface area contributed by atoms with E-state index in [4.69, 9.17) is 11.6 Å². The first-order valence-corrected chi connectivity index (χ1v) is 11.0. The molecule has 0 aliphatic carbocycles. The van der Waals surface area contributed by atoms with Crippen molar-refractivity contribution in [2.75, 3.05) is 0 Å². The summed E-state index contributed by atoms with van der Waals surface area (Å²) in [6.07, 6.45) is 3.65. The molecule has 5 heteroatoms. The standard InChI is InChI=1S/C25H17ClIN3/c26-23-22-21(27)16-30(24(22)29-17-28-23)25(18-10-4-1-5-11-18,19-12-6-2-7-13-19)20-14-8-3-9-15-20/h1-17H. The lowest BCUT2D eigenvalue weighted by atomic mass is 9.76. The zero-order chi connectivity index (χ0) is 20.6. The van der Waals surface area contributed by atoms with Crippen molar-refractivity contribution in [2.24, 2.45) is 0 Å². The van der Waals surface area contributed by atoms with Gasteiger partial charge in [0.25, 0.3) is 0 Å². The van der Waals surface area contributed by atoms with Crippen LogP contribution in [0.5, 0.6) is 0 Å². The van der Waals surface area contributed by atoms with Crippen LogP contribution in [-0.4, -0.2) is 14.5 Å². The number of fused-ring (bicyclic) bond motifs is 1. The Morgan fingerprint density at radius 2 is 1.17 bits per heavy atom. The lowest BCUT2D eigenvalue weighted by Crippen LogP contribution is -2.37. The SMILES string of the molecule is Clc1ncnc2c1c(I)cn2C(c1ccccc1)(c1ccccc1)c1ccccc1. The Morgan fingerprint density at radius 1 is 0.700 bits per heavy atom. The number of nitrogens with zero attached hydrogens (tertiary/aromatic N) is 3. The minimum absolute atomic E-state index is 0.464. The summed E-state index contributed by atoms with van der Waals surface area (Å²) in [6, 6.07) is 31.6. The molecule has 146 valence electrons. The van der Waals surface area contributed by atoms with Crippen LogP contribution in [0.3, 0.4) is 0 Å². The van der Waals surface area contributed by atoms with Crippen LogP contribution in [-0.2, 0) is 5.54 Å². The van der Waals surface area contributed by atoms with Gasteiger partial charge in [0.2, 0.25) is 0 Å². The maximum absolute atomic E-state index is 6.49. The number of aromatic nitrogens is 3. The summed E-state index contributed by atoms with van der Waals surface area (Å²) >= 11 is 8.81. The van der Waals surface area contributed by atoms with Gasteiger partial charge in [-0.15, -0.1) is 0 Å². The molecule has 0 saturated heterocycles. The summed E-state index contributed by atoms with van der Waals surface area (Å²) in [5.74, 6) is 0. The van der Waals surface area contributed by atoms with Crippen molar-refractivity contribution >= 4 is 45.2 Å². The fourth-order valence-electron chi connectivity index (χ4n) is 4.19. The van der Waals surface area contributed by atoms with Crippen molar-refractivity contribution in [3.63, 3.8) is 0 Å². The summed E-state index contributed by atoms with van der Waals surface area (Å²) in [5.41, 5.74) is 3.61. The van der Waals surface area contributed by atoms with E-state index in [2.05, 4.69) is 116 Å². The van der Waals surface area contributed by atoms with Crippen LogP contribution < -0.4 is 0 Å². The molecule has 0 N–H and O–H groups in total. The maximum Gasteiger partial charge on any atom is 0.147 e. The maximum atomic E-state index is 6.49. The fraction of sp³-hybridized carbons (Fsp3) is 0.0400. The fourth-order valence-corrected chi connectivity index (χ4v) is 5.36. The van der Waals surface area contributed by atoms with Gasteiger partial charge in [0.1, 0.15) is 22.7 Å². The third kappa shape index (κ3) is 2.94. The monoisotopic (exact) mass is 521 g/mol. The third-order valence-electron chi connectivity index (χ3n) is 5.43. The predicted molar refractivity (Wildman–Crippen MR) is 130 cm³/mol. The summed E-state index contributed by atoms with van der Waals surface area (Å²) in [6.45, 7) is 0. The average molecular weight is 522 g/mol. The van der Waals surface area contributed by atoms with Crippen molar-refractivity contribution in [3.8, 4) is 0 Å². The molecule has 0 atom stereocenters. The van der Waals surface area contributed by atoms with Gasteiger partial charge in [0.15, 0.2) is 0 Å². The molecule has 5 aromatic rings. The number of rotatable bonds is 4. The molecule has 3 aromatic carbocycles. The van der Waals surface area contributed by atoms with Gasteiger partial charge in [-0.3, -0.25) is 0 Å². The van der Waals surface area contributed by atoms with Crippen LogP contribution in [0.2, 0.25) is 5.15 Å². The highest BCUT2D eigenvalue weighted by molar-refractivity contribution is 14.1. The molecular formula is C25H17ClIN3. The second-order valence-electron chi connectivity index (χ2n) is 7.02. The molecule has 0 aliphatic heterocycles. The van der Waals surface area contributed by atoms with Crippen molar-refractivity contribution in [3.05, 3.63) is 129 Å². The number of hydrogen-bond donors (Lipinski definition) is 0. The summed E-state index contributed by atoms with van der Waals surface area (Å²) in [7, 11) is 0. The largest absolute Gasteiger partial charge is 0.313 e. The van der Waals surface area contributed by atoms with E-state index >= 15 is 0 Å². The first kappa shape index (κ1) is 19.3. The average Bonchev–Trinajstić information content (AvgIpc) is 3.15. The van der Waals surface area contributed by atoms with E-state index in [9.17, 15) is 0 Å². The Hall–Kier alpha value is -2.70. The topological polar surface area (TPSA) is 30.7 Å². The molecule has 0 spiro atoms. The molecule has 5 rings (SSSR count). The molecular weight excluding hydrogens is 505 g/mol. The molecule has 2 aromatic heterocycles. The Labute approximate surface area is 193 Å². The molecule has 0 radical (unpaired) electrons. The van der Waals surface area contributed by atoms with Gasteiger partial charge < -0.3 is 4.57 Å². The molecule has 0 amide bonds. The molecule has 0 fully saturated rings. The smallest absolute Gasteiger partial charge is 0.147 e. The first-order valence-electron chi connectivity index (χ1n) is 9.57. The summed E-state index contributed by atoms with van der Waals surface area (Å²) in [4.78, 5) is 8.89. The Kier molecular flexibility index (Phi) is 5.05. The highest BCUT2D eigenvalue weighted by Crippen LogP contribution is 2.44. The van der Waals surface area contributed by atoms with Crippen molar-refractivity contribution in [1.29, 1.82) is 0 Å². The van der Waals surface area contributed by atoms with Gasteiger partial charge in [0.05, 0.1) is 5.39 Å². The van der Waals surface area contributed by atoms with Crippen molar-refractivity contribution in [1.82, 2.24) is 14.5 Å². The van der Waals surface area contributed by atoms with Gasteiger partial charge >= 0.3 is 0 Å². The van der Waals surface area contributed by atoms with Crippen LogP contribution in [0.25, 0.3) is 11.0 Å². The van der Waals surface area contributed by atoms with Crippen molar-refractivity contribution < 1.29 is 0 Å². The first-order chi connectivity index (χ1) is 14.7. The van der Waals surface area contributed by atoms with Crippen LogP contribution in [0.4, 0.5) is 0 Å². The Balaban J connectivity index is 2.00. The second-order valence-corrected chi connectivity index (χ2v) is 8.54. The van der Waals surface area contributed by atoms with Gasteiger partial charge in [-0.25, -0.2) is 9.97 Å². The third-order valence-corrected chi connectivity index (χ3v) is 6.53. The van der Waals surface area contributed by atoms with E-state index < -0.39 is 5.54 Å². The van der Waals surface area contributed by atoms with Crippen molar-refractivity contribution in [2.45, 2.75) is 5.54 Å². The van der Waals surface area contributed by atoms with Gasteiger partial charge in [-0.1, -0.05) is 103 Å². The molecule has 0 bridgehead atoms. The Bertz CT molecular complexity index is 1210. The van der Waals surface area contributed by atoms with Gasteiger partial charge in [0, 0.05) is 9.77 Å². The molecule has 0 unspecified atom stereocenters. The second kappa shape index (κ2) is 7.85. The van der Waals surface area contributed by atoms with E-state index in [1.165, 1.54) is 6.33 Å². The quantitative estimate of drug-likeness (QED) is 0.153. The van der Waals surface area contributed by atoms with E-state index in [1.54, 1.807) is 0 Å². The number of benzene rings is 3. The number of hydrogen-bond acceptors (Lipinski definition) is 2. The summed E-state index contributed by atoms with van der Waals surface area (Å²) in [5, 5.41) is 1.33. The van der Waals surface area contributed by atoms with Crippen LogP contribution in [0.15, 0.2) is 104 Å². The van der Waals surface area contributed by atoms with Crippen LogP contribution in [0, 0.1) is 3.57 Å². The normalized spacial score (nSPS) is 11.7. The number of halogens is 2. The molecule has 0 saturated carbocycles. The molecule has 30 heavy (non-hydrogen) atoms. The van der Waals surface area contributed by atoms with Crippen LogP contribution >= 0.6 is 34.2 Å². The van der Waals surface area contributed by atoms with Gasteiger partial charge in [-0.05, 0) is 39.3 Å². The highest BCUT2D eigenvalue weighted by Gasteiger charge is 2.40. The van der Waals surface area contributed by atoms with Gasteiger partial charge in [-0.2, -0.15) is 0 Å². The molecule has 0 aliphatic rings. The predicted octanol–water partition coefficient (Wildman–Crippen LogP) is 6.53. The minimum Gasteiger partial charge on any atom is -0.313 e. The van der Waals surface area contributed by atoms with Crippen LogP contribution in [0.1, 0.15) is 16.7 Å². The lowest BCUT2D eigenvalue weighted by Gasteiger charge is -2.38. The zero-order valence-electron chi connectivity index (χ0n) is 15.9. The van der Waals surface area contributed by atoms with E-state index in [1.807, 2.05) is 18.2 Å².